The Kier molecular flexibility index (Phi) is 6.70. The monoisotopic (exact) mass is 444 g/mol. The van der Waals surface area contributed by atoms with Crippen LogP contribution in [0, 0.1) is 6.92 Å². The van der Waals surface area contributed by atoms with Crippen LogP contribution in [0.15, 0.2) is 81.5 Å². The molecule has 0 atom stereocenters. The number of pyridine rings is 1. The summed E-state index contributed by atoms with van der Waals surface area (Å²) < 4.78 is 54.2. The molecule has 0 aliphatic rings. The molecule has 0 radical (unpaired) electrons. The van der Waals surface area contributed by atoms with E-state index in [9.17, 15) is 16.8 Å². The summed E-state index contributed by atoms with van der Waals surface area (Å²) in [6.45, 7) is 3.79. The molecule has 1 N–H and O–H groups in total. The SMILES string of the molecule is CCc1ccc(S(=O)(=O)c2ccc(C)c(S(=O)(=O)NCCc3ccccn3)c2)cc1. The Balaban J connectivity index is 1.86. The highest BCUT2D eigenvalue weighted by atomic mass is 32.2. The number of aromatic nitrogens is 1. The van der Waals surface area contributed by atoms with E-state index in [-0.39, 0.29) is 21.2 Å². The fraction of sp³-hybridized carbons (Fsp3) is 0.227. The van der Waals surface area contributed by atoms with Crippen LogP contribution in [0.25, 0.3) is 0 Å². The van der Waals surface area contributed by atoms with Gasteiger partial charge in [-0.2, -0.15) is 0 Å². The van der Waals surface area contributed by atoms with E-state index in [0.717, 1.165) is 17.7 Å². The van der Waals surface area contributed by atoms with Gasteiger partial charge in [-0.15, -0.1) is 0 Å². The fourth-order valence-corrected chi connectivity index (χ4v) is 5.68. The van der Waals surface area contributed by atoms with Crippen molar-refractivity contribution in [3.8, 4) is 0 Å². The van der Waals surface area contributed by atoms with Crippen molar-refractivity contribution in [2.75, 3.05) is 6.54 Å². The standard InChI is InChI=1S/C22H24N2O4S2/c1-3-18-8-11-20(12-9-18)29(25,26)21-10-7-17(2)22(16-21)30(27,28)24-15-13-19-6-4-5-14-23-19/h4-12,14,16,24H,3,13,15H2,1-2H3. The van der Waals surface area contributed by atoms with Crippen LogP contribution in [-0.4, -0.2) is 28.4 Å². The molecule has 158 valence electrons. The molecule has 3 rings (SSSR count). The summed E-state index contributed by atoms with van der Waals surface area (Å²) in [5.74, 6) is 0. The molecule has 0 saturated carbocycles. The van der Waals surface area contributed by atoms with Gasteiger partial charge in [0.2, 0.25) is 19.9 Å². The molecule has 0 spiro atoms. The van der Waals surface area contributed by atoms with Crippen LogP contribution >= 0.6 is 0 Å². The average Bonchev–Trinajstić information content (AvgIpc) is 2.74. The summed E-state index contributed by atoms with van der Waals surface area (Å²) in [6, 6.07) is 16.2. The van der Waals surface area contributed by atoms with Gasteiger partial charge in [-0.05, 0) is 60.9 Å². The highest BCUT2D eigenvalue weighted by Gasteiger charge is 2.23. The molecule has 0 fully saturated rings. The first-order valence-electron chi connectivity index (χ1n) is 9.58. The highest BCUT2D eigenvalue weighted by Crippen LogP contribution is 2.25. The first kappa shape index (κ1) is 22.1. The number of rotatable bonds is 8. The van der Waals surface area contributed by atoms with Crippen LogP contribution in [0.4, 0.5) is 0 Å². The predicted molar refractivity (Wildman–Crippen MR) is 116 cm³/mol. The van der Waals surface area contributed by atoms with Crippen molar-refractivity contribution in [2.24, 2.45) is 0 Å². The molecule has 30 heavy (non-hydrogen) atoms. The van der Waals surface area contributed by atoms with Gasteiger partial charge in [0.25, 0.3) is 0 Å². The lowest BCUT2D eigenvalue weighted by Gasteiger charge is -2.12. The van der Waals surface area contributed by atoms with Crippen molar-refractivity contribution in [1.82, 2.24) is 9.71 Å². The molecule has 1 heterocycles. The zero-order chi connectivity index (χ0) is 21.8. The third-order valence-electron chi connectivity index (χ3n) is 4.80. The number of nitrogens with one attached hydrogen (secondary N) is 1. The minimum Gasteiger partial charge on any atom is -0.261 e. The first-order chi connectivity index (χ1) is 14.2. The second-order valence-electron chi connectivity index (χ2n) is 6.90. The smallest absolute Gasteiger partial charge is 0.240 e. The number of benzene rings is 2. The van der Waals surface area contributed by atoms with Crippen molar-refractivity contribution in [3.05, 3.63) is 83.7 Å². The van der Waals surface area contributed by atoms with Crippen LogP contribution in [0.1, 0.15) is 23.7 Å². The molecule has 0 unspecified atom stereocenters. The zero-order valence-corrected chi connectivity index (χ0v) is 18.5. The van der Waals surface area contributed by atoms with Crippen molar-refractivity contribution in [2.45, 2.75) is 41.4 Å². The number of hydrogen-bond donors (Lipinski definition) is 1. The Labute approximate surface area is 178 Å². The van der Waals surface area contributed by atoms with Crippen LogP contribution in [0.5, 0.6) is 0 Å². The summed E-state index contributed by atoms with van der Waals surface area (Å²) in [4.78, 5) is 4.20. The Bertz CT molecular complexity index is 1220. The molecule has 6 nitrogen and oxygen atoms in total. The second kappa shape index (κ2) is 9.07. The van der Waals surface area contributed by atoms with Gasteiger partial charge in [0, 0.05) is 24.9 Å². The highest BCUT2D eigenvalue weighted by molar-refractivity contribution is 7.91. The average molecular weight is 445 g/mol. The minimum atomic E-state index is -3.88. The number of sulfone groups is 1. The van der Waals surface area contributed by atoms with Gasteiger partial charge in [-0.1, -0.05) is 31.2 Å². The number of sulfonamides is 1. The molecule has 3 aromatic rings. The molecule has 2 aromatic carbocycles. The van der Waals surface area contributed by atoms with E-state index in [0.29, 0.717) is 12.0 Å². The number of hydrogen-bond acceptors (Lipinski definition) is 5. The molecule has 8 heteroatoms. The molecule has 0 amide bonds. The van der Waals surface area contributed by atoms with Gasteiger partial charge in [0.05, 0.1) is 14.7 Å². The van der Waals surface area contributed by atoms with E-state index in [1.54, 1.807) is 43.5 Å². The lowest BCUT2D eigenvalue weighted by molar-refractivity contribution is 0.580. The maximum Gasteiger partial charge on any atom is 0.240 e. The quantitative estimate of drug-likeness (QED) is 0.575. The summed E-state index contributed by atoms with van der Waals surface area (Å²) in [5.41, 5.74) is 2.27. The summed E-state index contributed by atoms with van der Waals surface area (Å²) in [6.07, 6.45) is 2.88. The Morgan fingerprint density at radius 1 is 0.900 bits per heavy atom. The van der Waals surface area contributed by atoms with Gasteiger partial charge < -0.3 is 0 Å². The molecule has 0 saturated heterocycles. The molecule has 0 aliphatic heterocycles. The number of nitrogens with zero attached hydrogens (tertiary/aromatic N) is 1. The molecule has 1 aromatic heterocycles. The lowest BCUT2D eigenvalue weighted by Crippen LogP contribution is -2.27. The summed E-state index contributed by atoms with van der Waals surface area (Å²) in [5, 5.41) is 0. The van der Waals surface area contributed by atoms with E-state index in [2.05, 4.69) is 9.71 Å². The molecule has 0 bridgehead atoms. The summed E-state index contributed by atoms with van der Waals surface area (Å²) in [7, 11) is -7.71. The van der Waals surface area contributed by atoms with Crippen LogP contribution < -0.4 is 4.72 Å². The molecule has 0 aliphatic carbocycles. The van der Waals surface area contributed by atoms with Crippen LogP contribution in [0.2, 0.25) is 0 Å². The van der Waals surface area contributed by atoms with Crippen molar-refractivity contribution in [1.29, 1.82) is 0 Å². The van der Waals surface area contributed by atoms with Gasteiger partial charge in [0.15, 0.2) is 0 Å². The molecular formula is C22H24N2O4S2. The molecular weight excluding hydrogens is 420 g/mol. The summed E-state index contributed by atoms with van der Waals surface area (Å²) >= 11 is 0. The fourth-order valence-electron chi connectivity index (χ4n) is 3.01. The maximum atomic E-state index is 13.0. The zero-order valence-electron chi connectivity index (χ0n) is 16.9. The van der Waals surface area contributed by atoms with E-state index in [4.69, 9.17) is 0 Å². The third-order valence-corrected chi connectivity index (χ3v) is 8.17. The van der Waals surface area contributed by atoms with E-state index in [1.807, 2.05) is 19.1 Å². The van der Waals surface area contributed by atoms with Crippen molar-refractivity contribution in [3.63, 3.8) is 0 Å². The lowest BCUT2D eigenvalue weighted by atomic mass is 10.2. The van der Waals surface area contributed by atoms with E-state index in [1.165, 1.54) is 18.2 Å². The van der Waals surface area contributed by atoms with Crippen molar-refractivity contribution >= 4 is 19.9 Å². The van der Waals surface area contributed by atoms with Gasteiger partial charge in [0.1, 0.15) is 0 Å². The van der Waals surface area contributed by atoms with Crippen LogP contribution in [0.3, 0.4) is 0 Å². The van der Waals surface area contributed by atoms with Crippen LogP contribution in [-0.2, 0) is 32.7 Å². The van der Waals surface area contributed by atoms with Gasteiger partial charge in [-0.3, -0.25) is 4.98 Å². The van der Waals surface area contributed by atoms with Gasteiger partial charge >= 0.3 is 0 Å². The van der Waals surface area contributed by atoms with E-state index < -0.39 is 19.9 Å². The Hall–Kier alpha value is -2.55. The van der Waals surface area contributed by atoms with Crippen molar-refractivity contribution < 1.29 is 16.8 Å². The Morgan fingerprint density at radius 3 is 2.23 bits per heavy atom. The maximum absolute atomic E-state index is 13.0. The topological polar surface area (TPSA) is 93.2 Å². The predicted octanol–water partition coefficient (Wildman–Crippen LogP) is 3.31. The van der Waals surface area contributed by atoms with E-state index >= 15 is 0 Å². The third kappa shape index (κ3) is 4.95. The first-order valence-corrected chi connectivity index (χ1v) is 12.5. The normalized spacial score (nSPS) is 12.1. The van der Waals surface area contributed by atoms with Gasteiger partial charge in [-0.25, -0.2) is 21.6 Å². The second-order valence-corrected chi connectivity index (χ2v) is 10.6. The Morgan fingerprint density at radius 2 is 1.60 bits per heavy atom. The largest absolute Gasteiger partial charge is 0.261 e. The number of aryl methyl sites for hydroxylation is 2. The minimum absolute atomic E-state index is 0.0465.